The second-order valence-electron chi connectivity index (χ2n) is 4.71. The van der Waals surface area contributed by atoms with Crippen LogP contribution in [0.4, 0.5) is 0 Å². The molecule has 3 nitrogen and oxygen atoms in total. The highest BCUT2D eigenvalue weighted by atomic mass is 35.5. The summed E-state index contributed by atoms with van der Waals surface area (Å²) in [5.41, 5.74) is 1.10. The molecular weight excluding hydrogens is 226 g/mol. The van der Waals surface area contributed by atoms with Crippen LogP contribution in [0.25, 0.3) is 0 Å². The van der Waals surface area contributed by atoms with Gasteiger partial charge < -0.3 is 14.8 Å². The van der Waals surface area contributed by atoms with Crippen LogP contribution in [0.2, 0.25) is 5.02 Å². The molecular formula is C11H16BClO3. The topological polar surface area (TPSA) is 49.7 Å². The van der Waals surface area contributed by atoms with E-state index in [1.807, 2.05) is 26.8 Å². The lowest BCUT2D eigenvalue weighted by Crippen LogP contribution is -2.32. The van der Waals surface area contributed by atoms with Gasteiger partial charge in [-0.15, -0.1) is 0 Å². The maximum absolute atomic E-state index is 9.23. The Kier molecular flexibility index (Phi) is 3.89. The first kappa shape index (κ1) is 13.4. The van der Waals surface area contributed by atoms with Gasteiger partial charge in [0, 0.05) is 5.46 Å². The number of hydrogen-bond donors (Lipinski definition) is 2. The fraction of sp³-hybridized carbons (Fsp3) is 0.455. The number of hydrogen-bond acceptors (Lipinski definition) is 3. The molecule has 0 aromatic heterocycles. The Balaban J connectivity index is 3.40. The SMILES string of the molecule is COc1cc(C(C)(C)C)cc(B(O)O)c1Cl. The molecule has 0 aliphatic rings. The van der Waals surface area contributed by atoms with Crippen molar-refractivity contribution in [1.82, 2.24) is 0 Å². The highest BCUT2D eigenvalue weighted by molar-refractivity contribution is 6.63. The van der Waals surface area contributed by atoms with Crippen LogP contribution in [-0.2, 0) is 5.41 Å². The molecule has 0 aliphatic carbocycles. The predicted molar refractivity (Wildman–Crippen MR) is 66.5 cm³/mol. The van der Waals surface area contributed by atoms with Gasteiger partial charge in [0.25, 0.3) is 0 Å². The van der Waals surface area contributed by atoms with Gasteiger partial charge in [0.2, 0.25) is 0 Å². The minimum Gasteiger partial charge on any atom is -0.495 e. The summed E-state index contributed by atoms with van der Waals surface area (Å²) in [6, 6.07) is 3.50. The Bertz CT molecular complexity index is 386. The Labute approximate surface area is 101 Å². The van der Waals surface area contributed by atoms with Crippen LogP contribution < -0.4 is 10.2 Å². The van der Waals surface area contributed by atoms with E-state index in [1.165, 1.54) is 7.11 Å². The van der Waals surface area contributed by atoms with E-state index < -0.39 is 7.12 Å². The van der Waals surface area contributed by atoms with Crippen molar-refractivity contribution in [1.29, 1.82) is 0 Å². The summed E-state index contributed by atoms with van der Waals surface area (Å²) in [5, 5.41) is 18.7. The monoisotopic (exact) mass is 242 g/mol. The molecule has 2 N–H and O–H groups in total. The molecule has 88 valence electrons. The van der Waals surface area contributed by atoms with Crippen LogP contribution in [0.1, 0.15) is 26.3 Å². The second-order valence-corrected chi connectivity index (χ2v) is 5.08. The Hall–Kier alpha value is -0.705. The molecule has 0 fully saturated rings. The van der Waals surface area contributed by atoms with Crippen molar-refractivity contribution in [2.45, 2.75) is 26.2 Å². The Morgan fingerprint density at radius 3 is 2.19 bits per heavy atom. The Morgan fingerprint density at radius 1 is 1.25 bits per heavy atom. The fourth-order valence-electron chi connectivity index (χ4n) is 1.39. The molecule has 16 heavy (non-hydrogen) atoms. The smallest absolute Gasteiger partial charge is 0.490 e. The first-order valence-electron chi connectivity index (χ1n) is 5.01. The van der Waals surface area contributed by atoms with Gasteiger partial charge in [0.05, 0.1) is 12.1 Å². The molecule has 0 atom stereocenters. The zero-order chi connectivity index (χ0) is 12.5. The number of rotatable bonds is 2. The molecule has 1 rings (SSSR count). The van der Waals surface area contributed by atoms with Gasteiger partial charge >= 0.3 is 7.12 Å². The zero-order valence-electron chi connectivity index (χ0n) is 9.91. The van der Waals surface area contributed by atoms with Crippen molar-refractivity contribution in [3.8, 4) is 5.75 Å². The lowest BCUT2D eigenvalue weighted by Gasteiger charge is -2.22. The van der Waals surface area contributed by atoms with Gasteiger partial charge in [-0.1, -0.05) is 38.4 Å². The van der Waals surface area contributed by atoms with Gasteiger partial charge in [-0.05, 0) is 17.0 Å². The first-order chi connectivity index (χ1) is 7.27. The largest absolute Gasteiger partial charge is 0.495 e. The molecule has 0 saturated carbocycles. The minimum absolute atomic E-state index is 0.110. The summed E-state index contributed by atoms with van der Waals surface area (Å²) in [4.78, 5) is 0. The summed E-state index contributed by atoms with van der Waals surface area (Å²) in [5.74, 6) is 0.456. The lowest BCUT2D eigenvalue weighted by atomic mass is 9.76. The number of methoxy groups -OCH3 is 1. The molecule has 0 spiro atoms. The molecule has 1 aromatic rings. The van der Waals surface area contributed by atoms with Crippen LogP contribution in [0, 0.1) is 0 Å². The minimum atomic E-state index is -1.59. The maximum atomic E-state index is 9.23. The van der Waals surface area contributed by atoms with E-state index in [1.54, 1.807) is 6.07 Å². The number of halogens is 1. The standard InChI is InChI=1S/C11H16BClO3/c1-11(2,3)7-5-8(12(14)15)10(13)9(6-7)16-4/h5-6,14-15H,1-4H3. The summed E-state index contributed by atoms with van der Waals surface area (Å²) >= 11 is 5.98. The van der Waals surface area contributed by atoms with Gasteiger partial charge in [-0.25, -0.2) is 0 Å². The third-order valence-electron chi connectivity index (χ3n) is 2.43. The maximum Gasteiger partial charge on any atom is 0.490 e. The molecule has 1 aromatic carbocycles. The molecule has 0 amide bonds. The second kappa shape index (κ2) is 4.66. The van der Waals surface area contributed by atoms with E-state index in [4.69, 9.17) is 16.3 Å². The van der Waals surface area contributed by atoms with Gasteiger partial charge in [0.15, 0.2) is 0 Å². The first-order valence-corrected chi connectivity index (χ1v) is 5.39. The van der Waals surface area contributed by atoms with Gasteiger partial charge in [-0.3, -0.25) is 0 Å². The van der Waals surface area contributed by atoms with E-state index in [2.05, 4.69) is 0 Å². The average molecular weight is 243 g/mol. The summed E-state index contributed by atoms with van der Waals surface area (Å²) in [6.07, 6.45) is 0. The van der Waals surface area contributed by atoms with E-state index in [0.29, 0.717) is 5.75 Å². The van der Waals surface area contributed by atoms with Crippen molar-refractivity contribution in [2.75, 3.05) is 7.11 Å². The summed E-state index contributed by atoms with van der Waals surface area (Å²) in [7, 11) is -0.0926. The molecule has 5 heteroatoms. The number of ether oxygens (including phenoxy) is 1. The van der Waals surface area contributed by atoms with Gasteiger partial charge in [0.1, 0.15) is 5.75 Å². The molecule has 0 saturated heterocycles. The van der Waals surface area contributed by atoms with Crippen molar-refractivity contribution < 1.29 is 14.8 Å². The van der Waals surface area contributed by atoms with Crippen LogP contribution in [0.3, 0.4) is 0 Å². The molecule has 0 bridgehead atoms. The van der Waals surface area contributed by atoms with Gasteiger partial charge in [-0.2, -0.15) is 0 Å². The average Bonchev–Trinajstić information content (AvgIpc) is 2.15. The molecule has 0 heterocycles. The normalized spacial score (nSPS) is 11.4. The van der Waals surface area contributed by atoms with Crippen LogP contribution >= 0.6 is 11.6 Å². The Morgan fingerprint density at radius 2 is 1.81 bits per heavy atom. The van der Waals surface area contributed by atoms with E-state index in [-0.39, 0.29) is 15.9 Å². The summed E-state index contributed by atoms with van der Waals surface area (Å²) in [6.45, 7) is 6.09. The van der Waals surface area contributed by atoms with Crippen molar-refractivity contribution >= 4 is 24.2 Å². The predicted octanol–water partition coefficient (Wildman–Crippen LogP) is 1.33. The summed E-state index contributed by atoms with van der Waals surface area (Å²) < 4.78 is 5.12. The molecule has 0 radical (unpaired) electrons. The lowest BCUT2D eigenvalue weighted by molar-refractivity contribution is 0.410. The van der Waals surface area contributed by atoms with Crippen LogP contribution in [0.15, 0.2) is 12.1 Å². The van der Waals surface area contributed by atoms with Crippen molar-refractivity contribution in [3.05, 3.63) is 22.7 Å². The van der Waals surface area contributed by atoms with E-state index in [9.17, 15) is 10.0 Å². The zero-order valence-corrected chi connectivity index (χ0v) is 10.7. The van der Waals surface area contributed by atoms with Crippen LogP contribution in [0.5, 0.6) is 5.75 Å². The third-order valence-corrected chi connectivity index (χ3v) is 2.84. The highest BCUT2D eigenvalue weighted by Crippen LogP contribution is 2.30. The third kappa shape index (κ3) is 2.70. The molecule has 0 aliphatic heterocycles. The van der Waals surface area contributed by atoms with Crippen molar-refractivity contribution in [2.24, 2.45) is 0 Å². The molecule has 0 unspecified atom stereocenters. The number of benzene rings is 1. The van der Waals surface area contributed by atoms with E-state index in [0.717, 1.165) is 5.56 Å². The van der Waals surface area contributed by atoms with Crippen molar-refractivity contribution in [3.63, 3.8) is 0 Å². The van der Waals surface area contributed by atoms with E-state index >= 15 is 0 Å². The quantitative estimate of drug-likeness (QED) is 0.769. The van der Waals surface area contributed by atoms with Crippen LogP contribution in [-0.4, -0.2) is 24.3 Å². The fourth-order valence-corrected chi connectivity index (χ4v) is 1.67. The highest BCUT2D eigenvalue weighted by Gasteiger charge is 2.23.